The number of thioether (sulfide) groups is 1. The second-order valence-electron chi connectivity index (χ2n) is 7.91. The summed E-state index contributed by atoms with van der Waals surface area (Å²) in [5.41, 5.74) is 4.03. The molecule has 28 heavy (non-hydrogen) atoms. The minimum Gasteiger partial charge on any atom is -0.494 e. The first kappa shape index (κ1) is 19.4. The van der Waals surface area contributed by atoms with E-state index in [1.54, 1.807) is 11.8 Å². The molecule has 0 aromatic heterocycles. The zero-order valence-corrected chi connectivity index (χ0v) is 17.8. The lowest BCUT2D eigenvalue weighted by molar-refractivity contribution is 0.304. The summed E-state index contributed by atoms with van der Waals surface area (Å²) in [5.74, 6) is 2.07. The number of ether oxygens (including phenoxy) is 1. The van der Waals surface area contributed by atoms with Gasteiger partial charge in [-0.05, 0) is 66.5 Å². The standard InChI is InChI=1S/C25H31NOS/c1-3-4-5-6-16-27-19-12-15-24-23(17-19)21-8-7-9-22(21)25(26-24)18-10-13-20(28-2)14-11-18/h7-8,10-15,17,21-22,25-26H,3-6,9,16H2,1-2H3. The number of hydrogen-bond donors (Lipinski definition) is 1. The third-order valence-electron chi connectivity index (χ3n) is 6.08. The molecule has 0 fully saturated rings. The number of rotatable bonds is 8. The van der Waals surface area contributed by atoms with E-state index < -0.39 is 0 Å². The second kappa shape index (κ2) is 9.09. The number of hydrogen-bond acceptors (Lipinski definition) is 3. The van der Waals surface area contributed by atoms with Crippen molar-refractivity contribution in [2.45, 2.75) is 55.9 Å². The van der Waals surface area contributed by atoms with E-state index in [0.29, 0.717) is 17.9 Å². The van der Waals surface area contributed by atoms with Crippen LogP contribution >= 0.6 is 11.8 Å². The summed E-state index contributed by atoms with van der Waals surface area (Å²) in [6.07, 6.45) is 13.0. The molecular weight excluding hydrogens is 362 g/mol. The predicted octanol–water partition coefficient (Wildman–Crippen LogP) is 7.19. The monoisotopic (exact) mass is 393 g/mol. The lowest BCUT2D eigenvalue weighted by Gasteiger charge is -2.37. The molecule has 2 aromatic carbocycles. The zero-order valence-electron chi connectivity index (χ0n) is 17.0. The van der Waals surface area contributed by atoms with Crippen molar-refractivity contribution in [2.24, 2.45) is 5.92 Å². The molecular formula is C25H31NOS. The minimum absolute atomic E-state index is 0.365. The summed E-state index contributed by atoms with van der Waals surface area (Å²) in [4.78, 5) is 1.32. The fourth-order valence-electron chi connectivity index (χ4n) is 4.52. The Balaban J connectivity index is 1.51. The molecule has 0 radical (unpaired) electrons. The molecule has 1 aliphatic heterocycles. The van der Waals surface area contributed by atoms with Crippen molar-refractivity contribution in [2.75, 3.05) is 18.2 Å². The summed E-state index contributed by atoms with van der Waals surface area (Å²) in [5, 5.41) is 3.83. The van der Waals surface area contributed by atoms with E-state index in [-0.39, 0.29) is 0 Å². The SMILES string of the molecule is CCCCCCOc1ccc2c(c1)C1C=CCC1C(c1ccc(SC)cc1)N2. The highest BCUT2D eigenvalue weighted by Crippen LogP contribution is 2.50. The van der Waals surface area contributed by atoms with Crippen LogP contribution in [0.2, 0.25) is 0 Å². The Hall–Kier alpha value is -1.87. The highest BCUT2D eigenvalue weighted by Gasteiger charge is 2.37. The van der Waals surface area contributed by atoms with Gasteiger partial charge in [0.1, 0.15) is 5.75 Å². The van der Waals surface area contributed by atoms with Gasteiger partial charge in [-0.25, -0.2) is 0 Å². The molecule has 0 bridgehead atoms. The van der Waals surface area contributed by atoms with Gasteiger partial charge in [0, 0.05) is 16.5 Å². The van der Waals surface area contributed by atoms with Crippen molar-refractivity contribution < 1.29 is 4.74 Å². The molecule has 2 aromatic rings. The molecule has 1 heterocycles. The lowest BCUT2D eigenvalue weighted by atomic mass is 9.77. The summed E-state index contributed by atoms with van der Waals surface area (Å²) in [6.45, 7) is 3.06. The van der Waals surface area contributed by atoms with Gasteiger partial charge in [0.15, 0.2) is 0 Å². The molecule has 3 unspecified atom stereocenters. The average Bonchev–Trinajstić information content (AvgIpc) is 3.23. The van der Waals surface area contributed by atoms with Crippen LogP contribution in [0, 0.1) is 5.92 Å². The molecule has 0 saturated carbocycles. The van der Waals surface area contributed by atoms with Crippen LogP contribution in [0.25, 0.3) is 0 Å². The number of anilines is 1. The largest absolute Gasteiger partial charge is 0.494 e. The Morgan fingerprint density at radius 3 is 2.71 bits per heavy atom. The molecule has 0 amide bonds. The number of unbranched alkanes of at least 4 members (excludes halogenated alkanes) is 3. The normalized spacial score (nSPS) is 22.4. The van der Waals surface area contributed by atoms with Crippen LogP contribution in [0.15, 0.2) is 59.5 Å². The van der Waals surface area contributed by atoms with Gasteiger partial charge in [-0.3, -0.25) is 0 Å². The lowest BCUT2D eigenvalue weighted by Crippen LogP contribution is -2.29. The molecule has 1 aliphatic carbocycles. The van der Waals surface area contributed by atoms with E-state index in [4.69, 9.17) is 4.74 Å². The average molecular weight is 394 g/mol. The van der Waals surface area contributed by atoms with E-state index in [0.717, 1.165) is 25.2 Å². The summed E-state index contributed by atoms with van der Waals surface area (Å²) in [6, 6.07) is 16.0. The van der Waals surface area contributed by atoms with E-state index in [2.05, 4.69) is 73.1 Å². The van der Waals surface area contributed by atoms with Gasteiger partial charge >= 0.3 is 0 Å². The number of allylic oxidation sites excluding steroid dienone is 2. The number of fused-ring (bicyclic) bond motifs is 3. The highest BCUT2D eigenvalue weighted by atomic mass is 32.2. The van der Waals surface area contributed by atoms with Gasteiger partial charge in [0.25, 0.3) is 0 Å². The Kier molecular flexibility index (Phi) is 6.31. The number of nitrogens with one attached hydrogen (secondary N) is 1. The van der Waals surface area contributed by atoms with Gasteiger partial charge in [0.2, 0.25) is 0 Å². The van der Waals surface area contributed by atoms with Crippen molar-refractivity contribution in [1.82, 2.24) is 0 Å². The first-order chi connectivity index (χ1) is 13.8. The van der Waals surface area contributed by atoms with E-state index >= 15 is 0 Å². The number of benzene rings is 2. The predicted molar refractivity (Wildman–Crippen MR) is 121 cm³/mol. The van der Waals surface area contributed by atoms with Crippen LogP contribution < -0.4 is 10.1 Å². The topological polar surface area (TPSA) is 21.3 Å². The van der Waals surface area contributed by atoms with Crippen LogP contribution in [0.5, 0.6) is 5.75 Å². The molecule has 3 heteroatoms. The molecule has 2 aliphatic rings. The molecule has 2 nitrogen and oxygen atoms in total. The summed E-state index contributed by atoms with van der Waals surface area (Å²) in [7, 11) is 0. The molecule has 1 N–H and O–H groups in total. The maximum Gasteiger partial charge on any atom is 0.119 e. The van der Waals surface area contributed by atoms with E-state index in [1.807, 2.05) is 0 Å². The molecule has 148 valence electrons. The van der Waals surface area contributed by atoms with Gasteiger partial charge < -0.3 is 10.1 Å². The smallest absolute Gasteiger partial charge is 0.119 e. The van der Waals surface area contributed by atoms with Crippen LogP contribution in [-0.2, 0) is 0 Å². The van der Waals surface area contributed by atoms with Crippen molar-refractivity contribution in [3.8, 4) is 5.75 Å². The Morgan fingerprint density at radius 1 is 1.07 bits per heavy atom. The van der Waals surface area contributed by atoms with Gasteiger partial charge in [-0.15, -0.1) is 11.8 Å². The second-order valence-corrected chi connectivity index (χ2v) is 8.79. The van der Waals surface area contributed by atoms with E-state index in [9.17, 15) is 0 Å². The maximum absolute atomic E-state index is 6.05. The summed E-state index contributed by atoms with van der Waals surface area (Å²) >= 11 is 1.80. The molecule has 3 atom stereocenters. The fourth-order valence-corrected chi connectivity index (χ4v) is 4.93. The molecule has 0 saturated heterocycles. The third-order valence-corrected chi connectivity index (χ3v) is 6.82. The Morgan fingerprint density at radius 2 is 1.93 bits per heavy atom. The Bertz CT molecular complexity index is 814. The van der Waals surface area contributed by atoms with Crippen molar-refractivity contribution in [3.63, 3.8) is 0 Å². The first-order valence-electron chi connectivity index (χ1n) is 10.6. The van der Waals surface area contributed by atoms with Crippen LogP contribution in [0.4, 0.5) is 5.69 Å². The quantitative estimate of drug-likeness (QED) is 0.291. The molecule has 0 spiro atoms. The van der Waals surface area contributed by atoms with Crippen molar-refractivity contribution in [1.29, 1.82) is 0 Å². The van der Waals surface area contributed by atoms with Crippen LogP contribution in [0.3, 0.4) is 0 Å². The fraction of sp³-hybridized carbons (Fsp3) is 0.440. The van der Waals surface area contributed by atoms with Gasteiger partial charge in [0.05, 0.1) is 12.6 Å². The van der Waals surface area contributed by atoms with Crippen molar-refractivity contribution in [3.05, 3.63) is 65.7 Å². The van der Waals surface area contributed by atoms with E-state index in [1.165, 1.54) is 41.0 Å². The Labute approximate surface area is 173 Å². The summed E-state index contributed by atoms with van der Waals surface area (Å²) < 4.78 is 6.05. The first-order valence-corrected chi connectivity index (χ1v) is 11.9. The van der Waals surface area contributed by atoms with Crippen LogP contribution in [0.1, 0.15) is 62.1 Å². The van der Waals surface area contributed by atoms with Gasteiger partial charge in [-0.2, -0.15) is 0 Å². The zero-order chi connectivity index (χ0) is 19.3. The minimum atomic E-state index is 0.365. The maximum atomic E-state index is 6.05. The van der Waals surface area contributed by atoms with Crippen molar-refractivity contribution >= 4 is 17.4 Å². The van der Waals surface area contributed by atoms with Crippen LogP contribution in [-0.4, -0.2) is 12.9 Å². The highest BCUT2D eigenvalue weighted by molar-refractivity contribution is 7.98. The van der Waals surface area contributed by atoms with Gasteiger partial charge in [-0.1, -0.05) is 50.5 Å². The third kappa shape index (κ3) is 4.10. The molecule has 4 rings (SSSR count).